The van der Waals surface area contributed by atoms with Crippen molar-refractivity contribution in [2.24, 2.45) is 0 Å². The zero-order valence-electron chi connectivity index (χ0n) is 8.90. The topological polar surface area (TPSA) is 35.5 Å². The molecule has 0 aromatic carbocycles. The van der Waals surface area contributed by atoms with Gasteiger partial charge in [0.1, 0.15) is 6.61 Å². The molecule has 0 aliphatic carbocycles. The number of esters is 1. The Morgan fingerprint density at radius 3 is 3.07 bits per heavy atom. The van der Waals surface area contributed by atoms with Gasteiger partial charge in [-0.15, -0.1) is 11.3 Å². The molecule has 0 saturated carbocycles. The van der Waals surface area contributed by atoms with Gasteiger partial charge in [-0.25, -0.2) is 4.79 Å². The van der Waals surface area contributed by atoms with Gasteiger partial charge in [0, 0.05) is 4.88 Å². The lowest BCUT2D eigenvalue weighted by Gasteiger charge is -2.04. The van der Waals surface area contributed by atoms with Crippen molar-refractivity contribution in [1.29, 1.82) is 0 Å². The van der Waals surface area contributed by atoms with Crippen molar-refractivity contribution in [3.63, 3.8) is 0 Å². The van der Waals surface area contributed by atoms with E-state index in [4.69, 9.17) is 9.47 Å². The second-order valence-electron chi connectivity index (χ2n) is 3.15. The molecular weight excluding hydrogens is 212 g/mol. The lowest BCUT2D eigenvalue weighted by molar-refractivity contribution is -0.149. The minimum atomic E-state index is -0.278. The fourth-order valence-electron chi connectivity index (χ4n) is 1.00. The Morgan fingerprint density at radius 1 is 1.53 bits per heavy atom. The van der Waals surface area contributed by atoms with E-state index in [-0.39, 0.29) is 12.6 Å². The summed E-state index contributed by atoms with van der Waals surface area (Å²) in [6.07, 6.45) is 1.94. The fourth-order valence-corrected chi connectivity index (χ4v) is 1.64. The second-order valence-corrected chi connectivity index (χ2v) is 4.18. The van der Waals surface area contributed by atoms with E-state index >= 15 is 0 Å². The maximum absolute atomic E-state index is 11.1. The first-order chi connectivity index (χ1) is 7.33. The Hall–Kier alpha value is -0.870. The van der Waals surface area contributed by atoms with Crippen LogP contribution in [0.15, 0.2) is 17.5 Å². The van der Waals surface area contributed by atoms with E-state index in [1.54, 1.807) is 11.3 Å². The van der Waals surface area contributed by atoms with Gasteiger partial charge in [-0.2, -0.15) is 0 Å². The van der Waals surface area contributed by atoms with Crippen molar-refractivity contribution in [2.45, 2.75) is 26.4 Å². The number of hydrogen-bond donors (Lipinski definition) is 0. The average molecular weight is 228 g/mol. The van der Waals surface area contributed by atoms with Gasteiger partial charge < -0.3 is 9.47 Å². The van der Waals surface area contributed by atoms with E-state index in [2.05, 4.69) is 6.92 Å². The standard InChI is InChI=1S/C11H16O3S/c1-2-3-6-14-11(12)9-13-8-10-5-4-7-15-10/h4-5,7H,2-3,6,8-9H2,1H3. The van der Waals surface area contributed by atoms with Crippen LogP contribution in [0.3, 0.4) is 0 Å². The van der Waals surface area contributed by atoms with Crippen LogP contribution in [0.2, 0.25) is 0 Å². The van der Waals surface area contributed by atoms with Gasteiger partial charge in [0.2, 0.25) is 0 Å². The molecule has 0 spiro atoms. The third-order valence-electron chi connectivity index (χ3n) is 1.81. The number of thiophene rings is 1. The highest BCUT2D eigenvalue weighted by molar-refractivity contribution is 7.09. The number of carbonyl (C=O) groups is 1. The molecular formula is C11H16O3S. The van der Waals surface area contributed by atoms with Crippen LogP contribution < -0.4 is 0 Å². The minimum Gasteiger partial charge on any atom is -0.464 e. The first-order valence-corrected chi connectivity index (χ1v) is 5.96. The van der Waals surface area contributed by atoms with Crippen molar-refractivity contribution in [3.8, 4) is 0 Å². The Bertz CT molecular complexity index is 269. The molecule has 4 heteroatoms. The van der Waals surface area contributed by atoms with Crippen LogP contribution in [0, 0.1) is 0 Å². The van der Waals surface area contributed by atoms with Crippen LogP contribution in [0.25, 0.3) is 0 Å². The maximum Gasteiger partial charge on any atom is 0.332 e. The van der Waals surface area contributed by atoms with Crippen molar-refractivity contribution < 1.29 is 14.3 Å². The van der Waals surface area contributed by atoms with Crippen LogP contribution in [0.1, 0.15) is 24.6 Å². The summed E-state index contributed by atoms with van der Waals surface area (Å²) in [6.45, 7) is 3.08. The van der Waals surface area contributed by atoms with E-state index in [1.165, 1.54) is 0 Å². The number of ether oxygens (including phenoxy) is 2. The molecule has 0 aliphatic heterocycles. The Labute approximate surface area is 94.0 Å². The van der Waals surface area contributed by atoms with Crippen LogP contribution in [0.5, 0.6) is 0 Å². The quantitative estimate of drug-likeness (QED) is 0.531. The molecule has 0 fully saturated rings. The summed E-state index contributed by atoms with van der Waals surface area (Å²) in [5.74, 6) is -0.278. The Morgan fingerprint density at radius 2 is 2.40 bits per heavy atom. The smallest absolute Gasteiger partial charge is 0.332 e. The number of unbranched alkanes of at least 4 members (excludes halogenated alkanes) is 1. The molecule has 1 rings (SSSR count). The fraction of sp³-hybridized carbons (Fsp3) is 0.545. The van der Waals surface area contributed by atoms with Gasteiger partial charge in [0.15, 0.2) is 0 Å². The molecule has 15 heavy (non-hydrogen) atoms. The maximum atomic E-state index is 11.1. The molecule has 1 heterocycles. The average Bonchev–Trinajstić information content (AvgIpc) is 2.71. The molecule has 0 saturated heterocycles. The van der Waals surface area contributed by atoms with Gasteiger partial charge in [-0.05, 0) is 17.9 Å². The summed E-state index contributed by atoms with van der Waals surface area (Å²) >= 11 is 1.62. The summed E-state index contributed by atoms with van der Waals surface area (Å²) in [6, 6.07) is 3.94. The summed E-state index contributed by atoms with van der Waals surface area (Å²) in [7, 11) is 0. The Kier molecular flexibility index (Phi) is 6.04. The van der Waals surface area contributed by atoms with Crippen LogP contribution in [-0.2, 0) is 20.9 Å². The van der Waals surface area contributed by atoms with E-state index in [9.17, 15) is 4.79 Å². The van der Waals surface area contributed by atoms with E-state index in [0.717, 1.165) is 17.7 Å². The number of rotatable bonds is 7. The SMILES string of the molecule is CCCCOC(=O)COCc1cccs1. The molecule has 1 aromatic heterocycles. The predicted molar refractivity (Wildman–Crippen MR) is 59.8 cm³/mol. The molecule has 84 valence electrons. The van der Waals surface area contributed by atoms with E-state index in [0.29, 0.717) is 13.2 Å². The first-order valence-electron chi connectivity index (χ1n) is 5.08. The second kappa shape index (κ2) is 7.43. The highest BCUT2D eigenvalue weighted by Gasteiger charge is 2.02. The van der Waals surface area contributed by atoms with Gasteiger partial charge in [0.25, 0.3) is 0 Å². The van der Waals surface area contributed by atoms with Crippen LogP contribution in [-0.4, -0.2) is 19.2 Å². The Balaban J connectivity index is 2.02. The molecule has 1 aromatic rings. The van der Waals surface area contributed by atoms with Gasteiger partial charge in [-0.3, -0.25) is 0 Å². The zero-order chi connectivity index (χ0) is 10.9. The number of carbonyl (C=O) groups excluding carboxylic acids is 1. The first kappa shape index (κ1) is 12.2. The molecule has 0 radical (unpaired) electrons. The highest BCUT2D eigenvalue weighted by atomic mass is 32.1. The predicted octanol–water partition coefficient (Wildman–Crippen LogP) is 2.61. The third-order valence-corrected chi connectivity index (χ3v) is 2.66. The van der Waals surface area contributed by atoms with E-state index in [1.807, 2.05) is 17.5 Å². The summed E-state index contributed by atoms with van der Waals surface area (Å²) in [4.78, 5) is 12.2. The summed E-state index contributed by atoms with van der Waals surface area (Å²) < 4.78 is 10.1. The van der Waals surface area contributed by atoms with Crippen molar-refractivity contribution in [3.05, 3.63) is 22.4 Å². The van der Waals surface area contributed by atoms with E-state index < -0.39 is 0 Å². The molecule has 0 aliphatic rings. The van der Waals surface area contributed by atoms with Crippen molar-refractivity contribution >= 4 is 17.3 Å². The van der Waals surface area contributed by atoms with Crippen LogP contribution >= 0.6 is 11.3 Å². The van der Waals surface area contributed by atoms with Crippen molar-refractivity contribution in [2.75, 3.05) is 13.2 Å². The van der Waals surface area contributed by atoms with Crippen LogP contribution in [0.4, 0.5) is 0 Å². The molecule has 0 unspecified atom stereocenters. The van der Waals surface area contributed by atoms with Gasteiger partial charge in [-0.1, -0.05) is 19.4 Å². The molecule has 3 nitrogen and oxygen atoms in total. The van der Waals surface area contributed by atoms with Crippen molar-refractivity contribution in [1.82, 2.24) is 0 Å². The molecule has 0 N–H and O–H groups in total. The third kappa shape index (κ3) is 5.54. The summed E-state index contributed by atoms with van der Waals surface area (Å²) in [5, 5.41) is 1.98. The summed E-state index contributed by atoms with van der Waals surface area (Å²) in [5.41, 5.74) is 0. The largest absolute Gasteiger partial charge is 0.464 e. The monoisotopic (exact) mass is 228 g/mol. The molecule has 0 amide bonds. The number of hydrogen-bond acceptors (Lipinski definition) is 4. The molecule has 0 bridgehead atoms. The normalized spacial score (nSPS) is 10.2. The van der Waals surface area contributed by atoms with Gasteiger partial charge >= 0.3 is 5.97 Å². The zero-order valence-corrected chi connectivity index (χ0v) is 9.72. The lowest BCUT2D eigenvalue weighted by Crippen LogP contribution is -2.13. The highest BCUT2D eigenvalue weighted by Crippen LogP contribution is 2.09. The lowest BCUT2D eigenvalue weighted by atomic mass is 10.4. The molecule has 0 atom stereocenters. The minimum absolute atomic E-state index is 0.0433. The van der Waals surface area contributed by atoms with Gasteiger partial charge in [0.05, 0.1) is 13.2 Å².